The molecule has 0 spiro atoms. The molecule has 0 amide bonds. The van der Waals surface area contributed by atoms with Crippen molar-refractivity contribution < 1.29 is 4.74 Å². The minimum Gasteiger partial charge on any atom is -0.381 e. The molecule has 4 nitrogen and oxygen atoms in total. The van der Waals surface area contributed by atoms with E-state index in [9.17, 15) is 0 Å². The van der Waals surface area contributed by atoms with Crippen LogP contribution < -0.4 is 11.3 Å². The number of nitrogens with one attached hydrogen (secondary N) is 1. The summed E-state index contributed by atoms with van der Waals surface area (Å²) >= 11 is 1.99. The number of aromatic nitrogens is 1. The second-order valence-corrected chi connectivity index (χ2v) is 5.11. The van der Waals surface area contributed by atoms with Crippen molar-refractivity contribution in [1.82, 2.24) is 4.98 Å². The molecule has 0 unspecified atom stereocenters. The van der Waals surface area contributed by atoms with Crippen LogP contribution in [0.15, 0.2) is 18.3 Å². The van der Waals surface area contributed by atoms with Crippen LogP contribution in [0.5, 0.6) is 0 Å². The van der Waals surface area contributed by atoms with Gasteiger partial charge in [0.05, 0.1) is 0 Å². The second-order valence-electron chi connectivity index (χ2n) is 3.82. The Bertz CT molecular complexity index is 312. The molecule has 0 aromatic carbocycles. The molecule has 0 aliphatic carbocycles. The summed E-state index contributed by atoms with van der Waals surface area (Å²) in [6.07, 6.45) is 4.21. The molecular formula is C11H17N3OS. The molecule has 1 aliphatic heterocycles. The Labute approximate surface area is 99.9 Å². The first-order valence-electron chi connectivity index (χ1n) is 5.49. The van der Waals surface area contributed by atoms with Crippen molar-refractivity contribution in [2.75, 3.05) is 18.6 Å². The van der Waals surface area contributed by atoms with Gasteiger partial charge in [0.2, 0.25) is 0 Å². The van der Waals surface area contributed by atoms with Crippen molar-refractivity contribution >= 4 is 17.6 Å². The van der Waals surface area contributed by atoms with Gasteiger partial charge in [0, 0.05) is 30.4 Å². The molecular weight excluding hydrogens is 222 g/mol. The number of ether oxygens (including phenoxy) is 1. The molecule has 2 rings (SSSR count). The summed E-state index contributed by atoms with van der Waals surface area (Å²) in [5.74, 6) is 6.98. The van der Waals surface area contributed by atoms with Gasteiger partial charge in [0.1, 0.15) is 5.82 Å². The molecule has 0 saturated carbocycles. The zero-order valence-electron chi connectivity index (χ0n) is 9.19. The molecule has 5 heteroatoms. The number of anilines is 1. The maximum atomic E-state index is 5.33. The molecule has 1 aliphatic rings. The predicted molar refractivity (Wildman–Crippen MR) is 67.2 cm³/mol. The Morgan fingerprint density at radius 3 is 2.88 bits per heavy atom. The summed E-state index contributed by atoms with van der Waals surface area (Å²) in [5, 5.41) is 0.737. The largest absolute Gasteiger partial charge is 0.381 e. The summed E-state index contributed by atoms with van der Waals surface area (Å²) < 4.78 is 5.33. The third-order valence-electron chi connectivity index (χ3n) is 2.63. The van der Waals surface area contributed by atoms with Gasteiger partial charge in [-0.1, -0.05) is 6.07 Å². The maximum absolute atomic E-state index is 5.33. The number of hydrazine groups is 1. The first kappa shape index (κ1) is 11.7. The van der Waals surface area contributed by atoms with E-state index in [1.807, 2.05) is 24.0 Å². The highest BCUT2D eigenvalue weighted by atomic mass is 32.2. The van der Waals surface area contributed by atoms with E-state index < -0.39 is 0 Å². The Morgan fingerprint density at radius 1 is 1.44 bits per heavy atom. The number of hydrogen-bond donors (Lipinski definition) is 2. The standard InChI is InChI=1S/C11H17N3OS/c12-14-11-2-1-9(7-13-11)8-16-10-3-5-15-6-4-10/h1-2,7,10H,3-6,8,12H2,(H,13,14). The fourth-order valence-electron chi connectivity index (χ4n) is 1.65. The number of nitrogen functional groups attached to an aromatic ring is 1. The summed E-state index contributed by atoms with van der Waals surface area (Å²) in [6.45, 7) is 1.82. The number of nitrogens with two attached hydrogens (primary N) is 1. The van der Waals surface area contributed by atoms with Crippen LogP contribution in [0.2, 0.25) is 0 Å². The highest BCUT2D eigenvalue weighted by molar-refractivity contribution is 7.99. The molecule has 3 N–H and O–H groups in total. The third-order valence-corrected chi connectivity index (χ3v) is 4.07. The van der Waals surface area contributed by atoms with E-state index in [1.54, 1.807) is 0 Å². The summed E-state index contributed by atoms with van der Waals surface area (Å²) in [4.78, 5) is 4.19. The van der Waals surface area contributed by atoms with Gasteiger partial charge in [0.25, 0.3) is 0 Å². The van der Waals surface area contributed by atoms with E-state index in [1.165, 1.54) is 18.4 Å². The Hall–Kier alpha value is -0.780. The van der Waals surface area contributed by atoms with Gasteiger partial charge in [-0.3, -0.25) is 0 Å². The van der Waals surface area contributed by atoms with Crippen LogP contribution in [0.4, 0.5) is 5.82 Å². The molecule has 2 heterocycles. The van der Waals surface area contributed by atoms with Crippen molar-refractivity contribution in [1.29, 1.82) is 0 Å². The minimum absolute atomic E-state index is 0.708. The zero-order chi connectivity index (χ0) is 11.2. The fourth-order valence-corrected chi connectivity index (χ4v) is 2.78. The first-order valence-corrected chi connectivity index (χ1v) is 6.54. The van der Waals surface area contributed by atoms with Gasteiger partial charge >= 0.3 is 0 Å². The van der Waals surface area contributed by atoms with Crippen molar-refractivity contribution in [2.45, 2.75) is 23.8 Å². The van der Waals surface area contributed by atoms with Gasteiger partial charge in [-0.15, -0.1) is 0 Å². The molecule has 0 radical (unpaired) electrons. The van der Waals surface area contributed by atoms with E-state index in [0.717, 1.165) is 24.2 Å². The highest BCUT2D eigenvalue weighted by Crippen LogP contribution is 2.25. The smallest absolute Gasteiger partial charge is 0.139 e. The monoisotopic (exact) mass is 239 g/mol. The average Bonchev–Trinajstić information content (AvgIpc) is 2.38. The van der Waals surface area contributed by atoms with Crippen molar-refractivity contribution in [2.24, 2.45) is 5.84 Å². The van der Waals surface area contributed by atoms with Crippen LogP contribution in [-0.2, 0) is 10.5 Å². The number of hydrogen-bond acceptors (Lipinski definition) is 5. The van der Waals surface area contributed by atoms with Gasteiger partial charge in [-0.05, 0) is 24.5 Å². The van der Waals surface area contributed by atoms with Gasteiger partial charge < -0.3 is 10.2 Å². The lowest BCUT2D eigenvalue weighted by molar-refractivity contribution is 0.1000. The quantitative estimate of drug-likeness (QED) is 0.619. The van der Waals surface area contributed by atoms with Crippen LogP contribution >= 0.6 is 11.8 Å². The molecule has 88 valence electrons. The summed E-state index contributed by atoms with van der Waals surface area (Å²) in [6, 6.07) is 3.97. The van der Waals surface area contributed by atoms with Crippen molar-refractivity contribution in [3.8, 4) is 0 Å². The van der Waals surface area contributed by atoms with Gasteiger partial charge in [-0.25, -0.2) is 10.8 Å². The Kier molecular flexibility index (Phi) is 4.44. The molecule has 1 fully saturated rings. The lowest BCUT2D eigenvalue weighted by atomic mass is 10.2. The number of nitrogens with zero attached hydrogens (tertiary/aromatic N) is 1. The fraction of sp³-hybridized carbons (Fsp3) is 0.545. The summed E-state index contributed by atoms with van der Waals surface area (Å²) in [7, 11) is 0. The first-order chi connectivity index (χ1) is 7.88. The molecule has 16 heavy (non-hydrogen) atoms. The van der Waals surface area contributed by atoms with E-state index in [4.69, 9.17) is 10.6 Å². The Balaban J connectivity index is 1.79. The van der Waals surface area contributed by atoms with Crippen LogP contribution in [0, 0.1) is 0 Å². The predicted octanol–water partition coefficient (Wildman–Crippen LogP) is 1.78. The SMILES string of the molecule is NNc1ccc(CSC2CCOCC2)cn1. The topological polar surface area (TPSA) is 60.2 Å². The Morgan fingerprint density at radius 2 is 2.25 bits per heavy atom. The van der Waals surface area contributed by atoms with E-state index >= 15 is 0 Å². The van der Waals surface area contributed by atoms with Crippen LogP contribution in [0.3, 0.4) is 0 Å². The minimum atomic E-state index is 0.708. The second kappa shape index (κ2) is 6.08. The molecule has 1 aromatic rings. The number of thioether (sulfide) groups is 1. The summed E-state index contributed by atoms with van der Waals surface area (Å²) in [5.41, 5.74) is 3.77. The molecule has 1 aromatic heterocycles. The van der Waals surface area contributed by atoms with E-state index in [0.29, 0.717) is 5.82 Å². The van der Waals surface area contributed by atoms with Gasteiger partial charge in [-0.2, -0.15) is 11.8 Å². The number of rotatable bonds is 4. The van der Waals surface area contributed by atoms with E-state index in [2.05, 4.69) is 16.5 Å². The van der Waals surface area contributed by atoms with Crippen LogP contribution in [-0.4, -0.2) is 23.4 Å². The lowest BCUT2D eigenvalue weighted by Crippen LogP contribution is -2.17. The molecule has 0 atom stereocenters. The molecule has 0 bridgehead atoms. The van der Waals surface area contributed by atoms with Crippen molar-refractivity contribution in [3.05, 3.63) is 23.9 Å². The number of pyridine rings is 1. The normalized spacial score (nSPS) is 17.3. The third kappa shape index (κ3) is 3.37. The van der Waals surface area contributed by atoms with Crippen molar-refractivity contribution in [3.63, 3.8) is 0 Å². The average molecular weight is 239 g/mol. The maximum Gasteiger partial charge on any atom is 0.139 e. The lowest BCUT2D eigenvalue weighted by Gasteiger charge is -2.21. The zero-order valence-corrected chi connectivity index (χ0v) is 10.0. The molecule has 1 saturated heterocycles. The highest BCUT2D eigenvalue weighted by Gasteiger charge is 2.13. The van der Waals surface area contributed by atoms with E-state index in [-0.39, 0.29) is 0 Å². The van der Waals surface area contributed by atoms with Crippen LogP contribution in [0.25, 0.3) is 0 Å². The van der Waals surface area contributed by atoms with Gasteiger partial charge in [0.15, 0.2) is 0 Å². The van der Waals surface area contributed by atoms with Crippen LogP contribution in [0.1, 0.15) is 18.4 Å².